The Morgan fingerprint density at radius 3 is 2.28 bits per heavy atom. The number of carbonyl (C=O) groups excluding carboxylic acids is 1. The van der Waals surface area contributed by atoms with E-state index in [0.29, 0.717) is 42.6 Å². The lowest BCUT2D eigenvalue weighted by Crippen LogP contribution is -2.56. The first kappa shape index (κ1) is 31.5. The molecule has 0 saturated carbocycles. The molecule has 1 saturated heterocycles. The molecule has 1 amide bonds. The number of amides is 1. The molecule has 11 nitrogen and oxygen atoms in total. The second-order valence-corrected chi connectivity index (χ2v) is 14.0. The van der Waals surface area contributed by atoms with Crippen molar-refractivity contribution in [1.29, 1.82) is 0 Å². The number of para-hydroxylation sites is 2. The Kier molecular flexibility index (Phi) is 9.20. The molecule has 236 valence electrons. The van der Waals surface area contributed by atoms with Gasteiger partial charge in [-0.1, -0.05) is 56.9 Å². The summed E-state index contributed by atoms with van der Waals surface area (Å²) in [5, 5.41) is 0.661. The van der Waals surface area contributed by atoms with Gasteiger partial charge in [0.2, 0.25) is 10.8 Å². The summed E-state index contributed by atoms with van der Waals surface area (Å²) < 4.78 is 60.8. The number of fused-ring (bicyclic) bond motifs is 1. The quantitative estimate of drug-likeness (QED) is 0.219. The Labute approximate surface area is 269 Å². The summed E-state index contributed by atoms with van der Waals surface area (Å²) in [5.74, 6) is -0.293. The molecule has 1 aliphatic rings. The van der Waals surface area contributed by atoms with E-state index < -0.39 is 26.9 Å². The molecule has 2 unspecified atom stereocenters. The van der Waals surface area contributed by atoms with Crippen LogP contribution in [-0.4, -0.2) is 62.1 Å². The number of hydrogen-bond acceptors (Lipinski definition) is 9. The highest BCUT2D eigenvalue weighted by molar-refractivity contribution is 7.95. The number of rotatable bonds is 10. The van der Waals surface area contributed by atoms with Crippen LogP contribution in [0.3, 0.4) is 0 Å². The van der Waals surface area contributed by atoms with Gasteiger partial charge in [-0.05, 0) is 54.1 Å². The third kappa shape index (κ3) is 7.14. The van der Waals surface area contributed by atoms with E-state index in [1.54, 1.807) is 41.3 Å². The molecule has 3 heterocycles. The van der Waals surface area contributed by atoms with Gasteiger partial charge in [0, 0.05) is 56.1 Å². The fraction of sp³-hybridized carbons (Fsp3) is 0.182. The summed E-state index contributed by atoms with van der Waals surface area (Å²) in [7, 11) is -8.29. The Morgan fingerprint density at radius 1 is 0.848 bits per heavy atom. The number of nitrogens with zero attached hydrogens (tertiary/aromatic N) is 4. The summed E-state index contributed by atoms with van der Waals surface area (Å²) in [4.78, 5) is 25.7. The molecule has 6 rings (SSSR count). The first-order chi connectivity index (χ1) is 22.2. The van der Waals surface area contributed by atoms with Gasteiger partial charge < -0.3 is 18.9 Å². The van der Waals surface area contributed by atoms with Crippen LogP contribution in [0.2, 0.25) is 0 Å². The predicted molar refractivity (Wildman–Crippen MR) is 173 cm³/mol. The number of piperazine rings is 1. The van der Waals surface area contributed by atoms with Gasteiger partial charge >= 0.3 is 0 Å². The standard InChI is InChI=1S/C33H31N5O6S2/c39-33(38-21-19-37(20-22-38)27-9-2-1-3-10-27)30(36-45(40,41)29-11-6-17-34-24-29)23-25-13-15-28(16-14-25)44-46(42,43)31-12-4-7-26-8-5-18-35-32(26)31/h1-18,24,30H,19-23H2,(H-2,36,40,41,42,43)/t30-/m0/s1. The van der Waals surface area contributed by atoms with E-state index in [2.05, 4.69) is 19.6 Å². The molecule has 0 aliphatic carbocycles. The van der Waals surface area contributed by atoms with Crippen molar-refractivity contribution in [2.75, 3.05) is 31.1 Å². The highest BCUT2D eigenvalue weighted by Crippen LogP contribution is 2.28. The number of nitrogens with one attached hydrogen (secondary N) is 1. The van der Waals surface area contributed by atoms with Crippen LogP contribution in [0.15, 0.2) is 125 Å². The molecular formula is C33H31N5O6S2. The van der Waals surface area contributed by atoms with E-state index in [4.69, 9.17) is 4.18 Å². The van der Waals surface area contributed by atoms with Crippen LogP contribution in [0.4, 0.5) is 5.69 Å². The van der Waals surface area contributed by atoms with E-state index in [1.807, 2.05) is 30.3 Å². The molecule has 0 bridgehead atoms. The highest BCUT2D eigenvalue weighted by atomic mass is 32.3. The van der Waals surface area contributed by atoms with Gasteiger partial charge in [-0.25, -0.2) is 0 Å². The van der Waals surface area contributed by atoms with Crippen molar-refractivity contribution in [2.24, 2.45) is 0 Å². The lowest BCUT2D eigenvalue weighted by atomic mass is 10.0. The van der Waals surface area contributed by atoms with Gasteiger partial charge in [0.25, 0.3) is 10.5 Å². The minimum atomic E-state index is -4.21. The van der Waals surface area contributed by atoms with Gasteiger partial charge in [0.05, 0.1) is 6.20 Å². The largest absolute Gasteiger partial charge is 0.593 e. The average Bonchev–Trinajstić information content (AvgIpc) is 3.09. The number of sulfonamides is 1. The predicted octanol–water partition coefficient (Wildman–Crippen LogP) is 4.07. The normalized spacial score (nSPS) is 16.7. The fourth-order valence-electron chi connectivity index (χ4n) is 5.35. The molecule has 3 atom stereocenters. The molecule has 0 radical (unpaired) electrons. The van der Waals surface area contributed by atoms with Gasteiger partial charge in [0.1, 0.15) is 11.6 Å². The summed E-state index contributed by atoms with van der Waals surface area (Å²) in [6, 6.07) is 26.2. The van der Waals surface area contributed by atoms with Crippen molar-refractivity contribution in [2.45, 2.75) is 22.3 Å². The van der Waals surface area contributed by atoms with Crippen LogP contribution in [0, 0.1) is 0 Å². The zero-order chi connectivity index (χ0) is 32.1. The Hall–Kier alpha value is -4.53. The molecule has 1 N–H and O–H groups in total. The van der Waals surface area contributed by atoms with Crippen LogP contribution >= 0.6 is 0 Å². The highest BCUT2D eigenvalue weighted by Gasteiger charge is 2.34. The van der Waals surface area contributed by atoms with E-state index in [-0.39, 0.29) is 27.9 Å². The maximum atomic E-state index is 13.8. The summed E-state index contributed by atoms with van der Waals surface area (Å²) in [6.07, 6.45) is 4.23. The van der Waals surface area contributed by atoms with Crippen molar-refractivity contribution in [3.63, 3.8) is 0 Å². The number of pyridine rings is 2. The number of anilines is 1. The Morgan fingerprint density at radius 2 is 1.57 bits per heavy atom. The minimum Gasteiger partial charge on any atom is -0.593 e. The third-order valence-corrected chi connectivity index (χ3v) is 10.4. The zero-order valence-corrected chi connectivity index (χ0v) is 26.3. The minimum absolute atomic E-state index is 0.0253. The molecule has 5 aromatic rings. The zero-order valence-electron chi connectivity index (χ0n) is 24.6. The van der Waals surface area contributed by atoms with Crippen molar-refractivity contribution in [3.05, 3.63) is 121 Å². The van der Waals surface area contributed by atoms with E-state index >= 15 is 0 Å². The molecule has 2 aromatic heterocycles. The van der Waals surface area contributed by atoms with Crippen molar-refractivity contribution < 1.29 is 26.5 Å². The van der Waals surface area contributed by atoms with Gasteiger partial charge in [0.15, 0.2) is 21.0 Å². The van der Waals surface area contributed by atoms with E-state index in [9.17, 15) is 22.3 Å². The molecule has 46 heavy (non-hydrogen) atoms. The fourth-order valence-corrected chi connectivity index (χ4v) is 7.61. The third-order valence-electron chi connectivity index (χ3n) is 7.69. The summed E-state index contributed by atoms with van der Waals surface area (Å²) >= 11 is 0. The first-order valence-corrected chi connectivity index (χ1v) is 17.5. The van der Waals surface area contributed by atoms with Crippen molar-refractivity contribution >= 4 is 43.4 Å². The number of hydrogen-bond donors (Lipinski definition) is 1. The molecule has 13 heteroatoms. The molecule has 1 aliphatic heterocycles. The first-order valence-electron chi connectivity index (χ1n) is 14.6. The Bertz CT molecular complexity index is 1900. The lowest BCUT2D eigenvalue weighted by molar-refractivity contribution is -0.133. The Balaban J connectivity index is 1.19. The summed E-state index contributed by atoms with van der Waals surface area (Å²) in [6.45, 7) is 2.05. The summed E-state index contributed by atoms with van der Waals surface area (Å²) in [5.41, 5.74) is 1.96. The second kappa shape index (κ2) is 13.4. The molecule has 3 aromatic carbocycles. The van der Waals surface area contributed by atoms with Crippen molar-refractivity contribution in [1.82, 2.24) is 19.6 Å². The number of aromatic nitrogens is 2. The van der Waals surface area contributed by atoms with Crippen LogP contribution in [0.25, 0.3) is 10.9 Å². The monoisotopic (exact) mass is 657 g/mol. The van der Waals surface area contributed by atoms with Crippen LogP contribution < -0.4 is 13.8 Å². The molecule has 0 spiro atoms. The SMILES string of the molecule is O=C([C@H](Cc1ccc(O[S+](=O)([O-])c2cccc3cccnc23)cc1)N[S+](=O)([O-])c1cccnc1)N1CCN(c2ccccc2)CC1. The maximum absolute atomic E-state index is 13.8. The second-order valence-electron chi connectivity index (χ2n) is 10.7. The van der Waals surface area contributed by atoms with Gasteiger partial charge in [-0.2, -0.15) is 0 Å². The van der Waals surface area contributed by atoms with Gasteiger partial charge in [-0.15, -0.1) is 4.72 Å². The van der Waals surface area contributed by atoms with E-state index in [0.717, 1.165) is 5.69 Å². The molecular weight excluding hydrogens is 627 g/mol. The smallest absolute Gasteiger partial charge is 0.270 e. The number of carbonyl (C=O) groups is 1. The van der Waals surface area contributed by atoms with Gasteiger partial charge in [-0.3, -0.25) is 18.9 Å². The topological polar surface area (TPSA) is 151 Å². The van der Waals surface area contributed by atoms with Crippen LogP contribution in [0.1, 0.15) is 5.56 Å². The average molecular weight is 658 g/mol. The van der Waals surface area contributed by atoms with Crippen molar-refractivity contribution in [3.8, 4) is 5.75 Å². The maximum Gasteiger partial charge on any atom is 0.270 e. The number of benzene rings is 3. The van der Waals surface area contributed by atoms with E-state index in [1.165, 1.54) is 48.9 Å². The van der Waals surface area contributed by atoms with Crippen LogP contribution in [-0.2, 0) is 40.5 Å². The molecule has 1 fully saturated rings. The lowest BCUT2D eigenvalue weighted by Gasteiger charge is -2.37. The van der Waals surface area contributed by atoms with Crippen LogP contribution in [0.5, 0.6) is 5.75 Å².